The summed E-state index contributed by atoms with van der Waals surface area (Å²) in [4.78, 5) is 12.1. The first kappa shape index (κ1) is 11.7. The number of thiol groups is 1. The van der Waals surface area contributed by atoms with E-state index < -0.39 is 0 Å². The van der Waals surface area contributed by atoms with Crippen molar-refractivity contribution in [3.63, 3.8) is 0 Å². The van der Waals surface area contributed by atoms with Crippen LogP contribution in [0.3, 0.4) is 0 Å². The van der Waals surface area contributed by atoms with Crippen molar-refractivity contribution in [3.05, 3.63) is 34.1 Å². The number of aromatic nitrogens is 1. The minimum atomic E-state index is 0.0383. The molecule has 0 saturated carbocycles. The number of nitrogens with zero attached hydrogens (tertiary/aromatic N) is 1. The van der Waals surface area contributed by atoms with Crippen LogP contribution in [0.15, 0.2) is 28.5 Å². The summed E-state index contributed by atoms with van der Waals surface area (Å²) in [6, 6.07) is 3.91. The summed E-state index contributed by atoms with van der Waals surface area (Å²) in [7, 11) is 0. The van der Waals surface area contributed by atoms with Gasteiger partial charge in [-0.25, -0.2) is 0 Å². The van der Waals surface area contributed by atoms with Gasteiger partial charge in [-0.2, -0.15) is 12.6 Å². The smallest absolute Gasteiger partial charge is 0.259 e. The van der Waals surface area contributed by atoms with Crippen molar-refractivity contribution in [3.8, 4) is 0 Å². The molecule has 0 bridgehead atoms. The first-order valence-corrected chi connectivity index (χ1v) is 6.72. The number of fused-ring (bicyclic) bond motifs is 1. The highest BCUT2D eigenvalue weighted by Gasteiger charge is 2.17. The van der Waals surface area contributed by atoms with Crippen molar-refractivity contribution in [1.29, 1.82) is 0 Å². The molecule has 0 spiro atoms. The van der Waals surface area contributed by atoms with E-state index in [9.17, 15) is 4.79 Å². The minimum Gasteiger partial charge on any atom is -0.314 e. The van der Waals surface area contributed by atoms with E-state index in [4.69, 9.17) is 0 Å². The molecule has 0 radical (unpaired) electrons. The zero-order valence-corrected chi connectivity index (χ0v) is 11.1. The molecule has 2 heterocycles. The molecule has 0 aliphatic rings. The van der Waals surface area contributed by atoms with Gasteiger partial charge in [-0.15, -0.1) is 11.3 Å². The molecule has 0 N–H and O–H groups in total. The van der Waals surface area contributed by atoms with Gasteiger partial charge in [-0.05, 0) is 28.7 Å². The molecular formula is C12H15NOS2. The fraction of sp³-hybridized carbons (Fsp3) is 0.417. The van der Waals surface area contributed by atoms with E-state index in [1.807, 2.05) is 23.7 Å². The van der Waals surface area contributed by atoms with Crippen LogP contribution in [0.2, 0.25) is 0 Å². The summed E-state index contributed by atoms with van der Waals surface area (Å²) >= 11 is 5.92. The third-order valence-electron chi connectivity index (χ3n) is 2.62. The first-order chi connectivity index (χ1) is 7.53. The molecule has 0 aromatic carbocycles. The molecule has 0 fully saturated rings. The molecule has 0 aliphatic carbocycles. The van der Waals surface area contributed by atoms with Crippen LogP contribution in [0, 0.1) is 5.41 Å². The Hall–Kier alpha value is -0.740. The summed E-state index contributed by atoms with van der Waals surface area (Å²) in [5.74, 6) is 0.765. The Bertz CT molecular complexity index is 553. The van der Waals surface area contributed by atoms with Gasteiger partial charge >= 0.3 is 0 Å². The average Bonchev–Trinajstić information content (AvgIpc) is 2.71. The van der Waals surface area contributed by atoms with Crippen LogP contribution in [0.5, 0.6) is 0 Å². The fourth-order valence-electron chi connectivity index (χ4n) is 1.64. The monoisotopic (exact) mass is 253 g/mol. The Balaban J connectivity index is 2.46. The highest BCUT2D eigenvalue weighted by Crippen LogP contribution is 2.21. The van der Waals surface area contributed by atoms with E-state index in [1.54, 1.807) is 15.9 Å². The zero-order chi connectivity index (χ0) is 11.8. The van der Waals surface area contributed by atoms with Crippen LogP contribution >= 0.6 is 24.0 Å². The number of thiophene rings is 1. The minimum absolute atomic E-state index is 0.0383. The van der Waals surface area contributed by atoms with E-state index in [2.05, 4.69) is 26.5 Å². The summed E-state index contributed by atoms with van der Waals surface area (Å²) in [5.41, 5.74) is 0.144. The van der Waals surface area contributed by atoms with Crippen LogP contribution in [-0.2, 0) is 6.54 Å². The third kappa shape index (κ3) is 2.18. The number of rotatable bonds is 3. The third-order valence-corrected chi connectivity index (χ3v) is 4.36. The standard InChI is InChI=1S/C12H15NOS2/c1-12(2,8-15)7-13-5-3-10-9(11(13)14)4-6-16-10/h3-6,15H,7-8H2,1-2H3. The van der Waals surface area contributed by atoms with Crippen molar-refractivity contribution < 1.29 is 0 Å². The Morgan fingerprint density at radius 2 is 2.19 bits per heavy atom. The molecule has 0 aliphatic heterocycles. The molecular weight excluding hydrogens is 238 g/mol. The molecule has 2 aromatic rings. The summed E-state index contributed by atoms with van der Waals surface area (Å²) < 4.78 is 2.84. The summed E-state index contributed by atoms with van der Waals surface area (Å²) in [6.45, 7) is 4.94. The van der Waals surface area contributed by atoms with Gasteiger partial charge in [0.25, 0.3) is 5.56 Å². The number of hydrogen-bond acceptors (Lipinski definition) is 3. The quantitative estimate of drug-likeness (QED) is 0.835. The van der Waals surface area contributed by atoms with E-state index in [0.717, 1.165) is 15.8 Å². The first-order valence-electron chi connectivity index (χ1n) is 5.21. The van der Waals surface area contributed by atoms with Gasteiger partial charge in [0.05, 0.1) is 5.39 Å². The molecule has 0 atom stereocenters. The average molecular weight is 253 g/mol. The van der Waals surface area contributed by atoms with E-state index in [1.165, 1.54) is 0 Å². The second-order valence-corrected chi connectivity index (χ2v) is 6.03. The summed E-state index contributed by atoms with van der Waals surface area (Å²) in [6.07, 6.45) is 1.88. The van der Waals surface area contributed by atoms with Gasteiger partial charge in [-0.1, -0.05) is 13.8 Å². The lowest BCUT2D eigenvalue weighted by Gasteiger charge is -2.23. The largest absolute Gasteiger partial charge is 0.314 e. The van der Waals surface area contributed by atoms with Gasteiger partial charge in [0.1, 0.15) is 0 Å². The zero-order valence-electron chi connectivity index (χ0n) is 9.43. The maximum absolute atomic E-state index is 12.1. The maximum Gasteiger partial charge on any atom is 0.259 e. The van der Waals surface area contributed by atoms with E-state index in [0.29, 0.717) is 6.54 Å². The van der Waals surface area contributed by atoms with Crippen molar-refractivity contribution in [1.82, 2.24) is 4.57 Å². The van der Waals surface area contributed by atoms with Gasteiger partial charge in [0, 0.05) is 17.4 Å². The van der Waals surface area contributed by atoms with E-state index in [-0.39, 0.29) is 11.0 Å². The SMILES string of the molecule is CC(C)(CS)Cn1ccc2sccc2c1=O. The molecule has 0 amide bonds. The second-order valence-electron chi connectivity index (χ2n) is 4.77. The van der Waals surface area contributed by atoms with Crippen LogP contribution < -0.4 is 5.56 Å². The number of pyridine rings is 1. The molecule has 2 rings (SSSR count). The van der Waals surface area contributed by atoms with Crippen LogP contribution in [0.1, 0.15) is 13.8 Å². The van der Waals surface area contributed by atoms with Crippen LogP contribution in [0.4, 0.5) is 0 Å². The van der Waals surface area contributed by atoms with Gasteiger partial charge in [-0.3, -0.25) is 4.79 Å². The lowest BCUT2D eigenvalue weighted by molar-refractivity contribution is 0.348. The lowest BCUT2D eigenvalue weighted by Crippen LogP contribution is -2.29. The number of hydrogen-bond donors (Lipinski definition) is 1. The molecule has 0 saturated heterocycles. The molecule has 86 valence electrons. The van der Waals surface area contributed by atoms with Crippen molar-refractivity contribution >= 4 is 34.1 Å². The molecule has 16 heavy (non-hydrogen) atoms. The Kier molecular flexibility index (Phi) is 3.13. The predicted octanol–water partition coefficient (Wildman–Crippen LogP) is 3.02. The summed E-state index contributed by atoms with van der Waals surface area (Å²) in [5, 5.41) is 2.78. The normalized spacial score (nSPS) is 12.2. The maximum atomic E-state index is 12.1. The van der Waals surface area contributed by atoms with Gasteiger partial charge in [0.15, 0.2) is 0 Å². The Labute approximate surface area is 104 Å². The predicted molar refractivity (Wildman–Crippen MR) is 73.7 cm³/mol. The van der Waals surface area contributed by atoms with Crippen LogP contribution in [-0.4, -0.2) is 10.3 Å². The molecule has 0 unspecified atom stereocenters. The molecule has 2 aromatic heterocycles. The fourth-order valence-corrected chi connectivity index (χ4v) is 2.51. The Morgan fingerprint density at radius 3 is 2.88 bits per heavy atom. The highest BCUT2D eigenvalue weighted by molar-refractivity contribution is 7.80. The lowest BCUT2D eigenvalue weighted by atomic mass is 9.96. The van der Waals surface area contributed by atoms with Gasteiger partial charge in [0.2, 0.25) is 0 Å². The van der Waals surface area contributed by atoms with Crippen molar-refractivity contribution in [2.24, 2.45) is 5.41 Å². The van der Waals surface area contributed by atoms with Gasteiger partial charge < -0.3 is 4.57 Å². The Morgan fingerprint density at radius 1 is 1.44 bits per heavy atom. The highest BCUT2D eigenvalue weighted by atomic mass is 32.1. The second kappa shape index (κ2) is 4.26. The van der Waals surface area contributed by atoms with Crippen molar-refractivity contribution in [2.45, 2.75) is 20.4 Å². The van der Waals surface area contributed by atoms with Crippen molar-refractivity contribution in [2.75, 3.05) is 5.75 Å². The van der Waals surface area contributed by atoms with E-state index >= 15 is 0 Å². The van der Waals surface area contributed by atoms with Crippen LogP contribution in [0.25, 0.3) is 10.1 Å². The molecule has 4 heteroatoms. The molecule has 2 nitrogen and oxygen atoms in total. The topological polar surface area (TPSA) is 22.0 Å².